The highest BCUT2D eigenvalue weighted by atomic mass is 16.5. The lowest BCUT2D eigenvalue weighted by atomic mass is 10.1. The summed E-state index contributed by atoms with van der Waals surface area (Å²) in [6.45, 7) is 1.33. The standard InChI is InChI=1S/C14H15NO4/c1-10(16)19-13-8-7-12(9-13)15(18)14(17)11-5-3-2-4-6-11/h2-8,12-13,18H,9H2,1H3/t12-,13+/m0/s1. The average molecular weight is 261 g/mol. The predicted octanol–water partition coefficient (Wildman–Crippen LogP) is 1.78. The van der Waals surface area contributed by atoms with Gasteiger partial charge in [-0.2, -0.15) is 0 Å². The molecule has 0 aromatic heterocycles. The molecule has 0 spiro atoms. The number of hydroxylamine groups is 2. The highest BCUT2D eigenvalue weighted by Crippen LogP contribution is 2.20. The van der Waals surface area contributed by atoms with Gasteiger partial charge in [0.05, 0.1) is 6.04 Å². The van der Waals surface area contributed by atoms with Gasteiger partial charge in [0.2, 0.25) is 0 Å². The average Bonchev–Trinajstić information content (AvgIpc) is 2.85. The molecule has 1 N–H and O–H groups in total. The second-order valence-electron chi connectivity index (χ2n) is 4.35. The van der Waals surface area contributed by atoms with Gasteiger partial charge in [-0.3, -0.25) is 14.8 Å². The largest absolute Gasteiger partial charge is 0.458 e. The Balaban J connectivity index is 1.98. The number of hydrogen-bond acceptors (Lipinski definition) is 4. The number of carbonyl (C=O) groups is 2. The summed E-state index contributed by atoms with van der Waals surface area (Å²) in [6, 6.07) is 8.05. The molecule has 0 saturated carbocycles. The van der Waals surface area contributed by atoms with E-state index < -0.39 is 11.9 Å². The summed E-state index contributed by atoms with van der Waals surface area (Å²) in [6.07, 6.45) is 3.32. The lowest BCUT2D eigenvalue weighted by Gasteiger charge is -2.21. The molecule has 19 heavy (non-hydrogen) atoms. The van der Waals surface area contributed by atoms with Crippen molar-refractivity contribution in [2.75, 3.05) is 0 Å². The Bertz CT molecular complexity index is 497. The normalized spacial score (nSPS) is 21.2. The minimum absolute atomic E-state index is 0.370. The maximum Gasteiger partial charge on any atom is 0.303 e. The van der Waals surface area contributed by atoms with E-state index in [1.807, 2.05) is 0 Å². The van der Waals surface area contributed by atoms with Crippen molar-refractivity contribution in [1.82, 2.24) is 5.06 Å². The Labute approximate surface area is 111 Å². The second-order valence-corrected chi connectivity index (χ2v) is 4.35. The highest BCUT2D eigenvalue weighted by molar-refractivity contribution is 5.93. The summed E-state index contributed by atoms with van der Waals surface area (Å²) in [5.41, 5.74) is 0.411. The Kier molecular flexibility index (Phi) is 3.97. The summed E-state index contributed by atoms with van der Waals surface area (Å²) >= 11 is 0. The van der Waals surface area contributed by atoms with E-state index in [2.05, 4.69) is 0 Å². The van der Waals surface area contributed by atoms with Gasteiger partial charge in [0.1, 0.15) is 6.10 Å². The molecule has 100 valence electrons. The number of rotatable bonds is 3. The molecule has 1 aliphatic carbocycles. The van der Waals surface area contributed by atoms with Crippen LogP contribution in [0.5, 0.6) is 0 Å². The number of carbonyl (C=O) groups excluding carboxylic acids is 2. The van der Waals surface area contributed by atoms with E-state index in [4.69, 9.17) is 4.74 Å². The van der Waals surface area contributed by atoms with Crippen LogP contribution in [0.4, 0.5) is 0 Å². The van der Waals surface area contributed by atoms with Crippen LogP contribution in [0.1, 0.15) is 23.7 Å². The number of amides is 1. The number of benzene rings is 1. The quantitative estimate of drug-likeness (QED) is 0.390. The first-order valence-corrected chi connectivity index (χ1v) is 6.01. The van der Waals surface area contributed by atoms with E-state index in [1.54, 1.807) is 42.5 Å². The van der Waals surface area contributed by atoms with Gasteiger partial charge in [0.15, 0.2) is 0 Å². The third-order valence-corrected chi connectivity index (χ3v) is 2.88. The number of nitrogens with zero attached hydrogens (tertiary/aromatic N) is 1. The van der Waals surface area contributed by atoms with E-state index in [0.717, 1.165) is 0 Å². The molecule has 0 aliphatic heterocycles. The minimum Gasteiger partial charge on any atom is -0.458 e. The minimum atomic E-state index is -0.475. The Morgan fingerprint density at radius 3 is 2.58 bits per heavy atom. The third-order valence-electron chi connectivity index (χ3n) is 2.88. The second kappa shape index (κ2) is 5.67. The molecular weight excluding hydrogens is 246 g/mol. The van der Waals surface area contributed by atoms with Crippen molar-refractivity contribution in [2.45, 2.75) is 25.5 Å². The van der Waals surface area contributed by atoms with Crippen LogP contribution in [-0.4, -0.2) is 34.3 Å². The summed E-state index contributed by atoms with van der Waals surface area (Å²) in [4.78, 5) is 22.8. The van der Waals surface area contributed by atoms with Crippen molar-refractivity contribution in [1.29, 1.82) is 0 Å². The number of ether oxygens (including phenoxy) is 1. The molecule has 0 bridgehead atoms. The van der Waals surface area contributed by atoms with Crippen LogP contribution in [0.25, 0.3) is 0 Å². The molecule has 5 heteroatoms. The van der Waals surface area contributed by atoms with Gasteiger partial charge in [-0.25, -0.2) is 5.06 Å². The van der Waals surface area contributed by atoms with Crippen LogP contribution < -0.4 is 0 Å². The molecule has 0 saturated heterocycles. The van der Waals surface area contributed by atoms with Crippen molar-refractivity contribution in [3.05, 3.63) is 48.0 Å². The zero-order chi connectivity index (χ0) is 13.8. The van der Waals surface area contributed by atoms with E-state index in [-0.39, 0.29) is 12.1 Å². The van der Waals surface area contributed by atoms with Gasteiger partial charge in [-0.15, -0.1) is 0 Å². The molecular formula is C14H15NO4. The molecule has 5 nitrogen and oxygen atoms in total. The predicted molar refractivity (Wildman–Crippen MR) is 67.5 cm³/mol. The lowest BCUT2D eigenvalue weighted by molar-refractivity contribution is -0.145. The lowest BCUT2D eigenvalue weighted by Crippen LogP contribution is -2.36. The third kappa shape index (κ3) is 3.20. The number of esters is 1. The zero-order valence-corrected chi connectivity index (χ0v) is 10.5. The van der Waals surface area contributed by atoms with Gasteiger partial charge in [-0.05, 0) is 18.2 Å². The van der Waals surface area contributed by atoms with E-state index >= 15 is 0 Å². The Hall–Kier alpha value is -2.14. The monoisotopic (exact) mass is 261 g/mol. The SMILES string of the molecule is CC(=O)O[C@@H]1C=C[C@H](N(O)C(=O)c2ccccc2)C1. The smallest absolute Gasteiger partial charge is 0.303 e. The number of hydrogen-bond donors (Lipinski definition) is 1. The van der Waals surface area contributed by atoms with Crippen LogP contribution in [0.15, 0.2) is 42.5 Å². The highest BCUT2D eigenvalue weighted by Gasteiger charge is 2.28. The fraction of sp³-hybridized carbons (Fsp3) is 0.286. The van der Waals surface area contributed by atoms with Gasteiger partial charge in [0.25, 0.3) is 5.91 Å². The van der Waals surface area contributed by atoms with E-state index in [1.165, 1.54) is 6.92 Å². The Morgan fingerprint density at radius 2 is 1.95 bits per heavy atom. The molecule has 0 heterocycles. The summed E-state index contributed by atoms with van der Waals surface area (Å²) in [5.74, 6) is -0.854. The molecule has 2 atom stereocenters. The maximum absolute atomic E-state index is 12.0. The molecule has 1 aromatic rings. The molecule has 0 unspecified atom stereocenters. The van der Waals surface area contributed by atoms with Crippen LogP contribution in [0.2, 0.25) is 0 Å². The van der Waals surface area contributed by atoms with Crippen molar-refractivity contribution < 1.29 is 19.5 Å². The zero-order valence-electron chi connectivity index (χ0n) is 10.5. The maximum atomic E-state index is 12.0. The molecule has 1 aromatic carbocycles. The summed E-state index contributed by atoms with van der Waals surface area (Å²) in [7, 11) is 0. The van der Waals surface area contributed by atoms with E-state index in [9.17, 15) is 14.8 Å². The molecule has 0 radical (unpaired) electrons. The van der Waals surface area contributed by atoms with E-state index in [0.29, 0.717) is 17.0 Å². The van der Waals surface area contributed by atoms with Crippen molar-refractivity contribution >= 4 is 11.9 Å². The Morgan fingerprint density at radius 1 is 1.26 bits per heavy atom. The summed E-state index contributed by atoms with van der Waals surface area (Å²) in [5, 5.41) is 10.6. The van der Waals surface area contributed by atoms with Crippen molar-refractivity contribution in [2.24, 2.45) is 0 Å². The van der Waals surface area contributed by atoms with Crippen LogP contribution in [0, 0.1) is 0 Å². The molecule has 2 rings (SSSR count). The first-order chi connectivity index (χ1) is 9.08. The van der Waals surface area contributed by atoms with Crippen molar-refractivity contribution in [3.63, 3.8) is 0 Å². The van der Waals surface area contributed by atoms with Crippen LogP contribution in [-0.2, 0) is 9.53 Å². The fourth-order valence-corrected chi connectivity index (χ4v) is 1.99. The fourth-order valence-electron chi connectivity index (χ4n) is 1.99. The molecule has 1 aliphatic rings. The first kappa shape index (κ1) is 13.3. The van der Waals surface area contributed by atoms with Crippen LogP contribution in [0.3, 0.4) is 0 Å². The van der Waals surface area contributed by atoms with Gasteiger partial charge in [-0.1, -0.05) is 24.3 Å². The van der Waals surface area contributed by atoms with Gasteiger partial charge >= 0.3 is 5.97 Å². The van der Waals surface area contributed by atoms with Crippen LogP contribution >= 0.6 is 0 Å². The first-order valence-electron chi connectivity index (χ1n) is 6.01. The van der Waals surface area contributed by atoms with Gasteiger partial charge < -0.3 is 4.74 Å². The molecule has 1 amide bonds. The van der Waals surface area contributed by atoms with Gasteiger partial charge in [0, 0.05) is 18.9 Å². The topological polar surface area (TPSA) is 66.8 Å². The summed E-state index contributed by atoms with van der Waals surface area (Å²) < 4.78 is 5.00. The molecule has 0 fully saturated rings. The van der Waals surface area contributed by atoms with Crippen molar-refractivity contribution in [3.8, 4) is 0 Å².